The lowest BCUT2D eigenvalue weighted by Crippen LogP contribution is -2.41. The van der Waals surface area contributed by atoms with Crippen LogP contribution in [-0.4, -0.2) is 25.6 Å². The quantitative estimate of drug-likeness (QED) is 0.898. The van der Waals surface area contributed by atoms with E-state index in [4.69, 9.17) is 11.6 Å². The summed E-state index contributed by atoms with van der Waals surface area (Å²) in [6.07, 6.45) is 2.08. The molecule has 94 valence electrons. The van der Waals surface area contributed by atoms with Crippen LogP contribution in [0.4, 0.5) is 0 Å². The third-order valence-electron chi connectivity index (χ3n) is 2.49. The Hall–Kier alpha value is -0.740. The van der Waals surface area contributed by atoms with Gasteiger partial charge in [0.1, 0.15) is 0 Å². The number of halogens is 2. The van der Waals surface area contributed by atoms with Gasteiger partial charge in [0.05, 0.1) is 0 Å². The maximum Gasteiger partial charge on any atom is 0.191 e. The highest BCUT2D eigenvalue weighted by Crippen LogP contribution is 2.10. The van der Waals surface area contributed by atoms with Gasteiger partial charge < -0.3 is 10.6 Å². The molecule has 5 heteroatoms. The fourth-order valence-electron chi connectivity index (χ4n) is 1.67. The Morgan fingerprint density at radius 2 is 2.29 bits per heavy atom. The maximum atomic E-state index is 5.92. The summed E-state index contributed by atoms with van der Waals surface area (Å²) in [5.41, 5.74) is 1.25. The second-order valence-electron chi connectivity index (χ2n) is 3.82. The van der Waals surface area contributed by atoms with Crippen molar-refractivity contribution < 1.29 is 0 Å². The van der Waals surface area contributed by atoms with Crippen molar-refractivity contribution in [1.82, 2.24) is 10.6 Å². The topological polar surface area (TPSA) is 36.4 Å². The van der Waals surface area contributed by atoms with Crippen LogP contribution in [0.3, 0.4) is 0 Å². The van der Waals surface area contributed by atoms with Crippen molar-refractivity contribution in [3.63, 3.8) is 0 Å². The van der Waals surface area contributed by atoms with E-state index in [9.17, 15) is 0 Å². The van der Waals surface area contributed by atoms with Gasteiger partial charge in [-0.15, -0.1) is 17.0 Å². The lowest BCUT2D eigenvalue weighted by Gasteiger charge is -2.15. The average Bonchev–Trinajstić information content (AvgIpc) is 2.30. The number of guanidine groups is 1. The number of benzene rings is 1. The molecule has 1 aromatic rings. The zero-order chi connectivity index (χ0) is 11.2. The van der Waals surface area contributed by atoms with Gasteiger partial charge in [0, 0.05) is 24.7 Å². The van der Waals surface area contributed by atoms with Crippen LogP contribution in [0.2, 0.25) is 5.02 Å². The van der Waals surface area contributed by atoms with Crippen molar-refractivity contribution >= 4 is 34.5 Å². The molecule has 3 nitrogen and oxygen atoms in total. The molecule has 0 spiro atoms. The van der Waals surface area contributed by atoms with E-state index in [0.29, 0.717) is 0 Å². The largest absolute Gasteiger partial charge is 0.356 e. The van der Waals surface area contributed by atoms with E-state index in [0.717, 1.165) is 43.5 Å². The first kappa shape index (κ1) is 14.3. The molecule has 1 heterocycles. The molecule has 1 aliphatic rings. The standard InChI is InChI=1S/C12H16ClN3.BrH/c13-11-4-1-3-10(9-11)5-8-16-12-14-6-2-7-15-12;/h1,3-4,9H,2,5-8H2,(H2,14,15,16);1H. The molecule has 0 aromatic heterocycles. The molecule has 0 amide bonds. The monoisotopic (exact) mass is 317 g/mol. The average molecular weight is 319 g/mol. The van der Waals surface area contributed by atoms with Gasteiger partial charge in [-0.05, 0) is 30.5 Å². The van der Waals surface area contributed by atoms with E-state index >= 15 is 0 Å². The van der Waals surface area contributed by atoms with Gasteiger partial charge in [0.2, 0.25) is 0 Å². The highest BCUT2D eigenvalue weighted by molar-refractivity contribution is 8.93. The van der Waals surface area contributed by atoms with Crippen molar-refractivity contribution in [2.24, 2.45) is 4.99 Å². The van der Waals surface area contributed by atoms with Crippen LogP contribution in [0.5, 0.6) is 0 Å². The first-order chi connectivity index (χ1) is 7.84. The van der Waals surface area contributed by atoms with Gasteiger partial charge in [-0.25, -0.2) is 0 Å². The molecule has 0 atom stereocenters. The lowest BCUT2D eigenvalue weighted by molar-refractivity contribution is 0.700. The van der Waals surface area contributed by atoms with E-state index in [1.54, 1.807) is 0 Å². The minimum atomic E-state index is 0. The predicted molar refractivity (Wildman–Crippen MR) is 78.4 cm³/mol. The van der Waals surface area contributed by atoms with Crippen molar-refractivity contribution in [1.29, 1.82) is 0 Å². The Kier molecular flexibility index (Phi) is 6.37. The molecule has 0 bridgehead atoms. The van der Waals surface area contributed by atoms with Gasteiger partial charge in [0.15, 0.2) is 5.96 Å². The molecule has 0 radical (unpaired) electrons. The van der Waals surface area contributed by atoms with Crippen LogP contribution >= 0.6 is 28.6 Å². The van der Waals surface area contributed by atoms with Gasteiger partial charge in [-0.3, -0.25) is 4.99 Å². The molecule has 1 aromatic carbocycles. The second-order valence-corrected chi connectivity index (χ2v) is 4.25. The van der Waals surface area contributed by atoms with Crippen LogP contribution in [-0.2, 0) is 6.42 Å². The van der Waals surface area contributed by atoms with E-state index < -0.39 is 0 Å². The molecule has 0 saturated heterocycles. The molecule has 0 fully saturated rings. The Bertz CT molecular complexity index is 382. The Morgan fingerprint density at radius 3 is 3.00 bits per heavy atom. The first-order valence-electron chi connectivity index (χ1n) is 5.61. The molecular weight excluding hydrogens is 302 g/mol. The van der Waals surface area contributed by atoms with Crippen molar-refractivity contribution in [3.8, 4) is 0 Å². The van der Waals surface area contributed by atoms with E-state index in [1.807, 2.05) is 18.2 Å². The minimum Gasteiger partial charge on any atom is -0.356 e. The molecule has 0 unspecified atom stereocenters. The molecule has 1 aliphatic heterocycles. The van der Waals surface area contributed by atoms with Crippen molar-refractivity contribution in [3.05, 3.63) is 34.9 Å². The maximum absolute atomic E-state index is 5.92. The molecule has 0 aliphatic carbocycles. The van der Waals surface area contributed by atoms with Crippen LogP contribution in [0.25, 0.3) is 0 Å². The minimum absolute atomic E-state index is 0. The zero-order valence-electron chi connectivity index (χ0n) is 9.58. The molecule has 2 rings (SSSR count). The summed E-state index contributed by atoms with van der Waals surface area (Å²) in [6, 6.07) is 7.96. The second kappa shape index (κ2) is 7.56. The van der Waals surface area contributed by atoms with E-state index in [-0.39, 0.29) is 17.0 Å². The number of nitrogens with one attached hydrogen (secondary N) is 2. The summed E-state index contributed by atoms with van der Waals surface area (Å²) < 4.78 is 0. The lowest BCUT2D eigenvalue weighted by atomic mass is 10.1. The summed E-state index contributed by atoms with van der Waals surface area (Å²) in [6.45, 7) is 2.82. The molecular formula is C12H17BrClN3. The first-order valence-corrected chi connectivity index (χ1v) is 5.99. The number of hydrogen-bond donors (Lipinski definition) is 2. The summed E-state index contributed by atoms with van der Waals surface area (Å²) in [4.78, 5) is 4.35. The van der Waals surface area contributed by atoms with Crippen molar-refractivity contribution in [2.45, 2.75) is 12.8 Å². The highest BCUT2D eigenvalue weighted by atomic mass is 79.9. The molecule has 17 heavy (non-hydrogen) atoms. The normalized spacial score (nSPS) is 14.3. The number of rotatable bonds is 3. The summed E-state index contributed by atoms with van der Waals surface area (Å²) in [7, 11) is 0. The van der Waals surface area contributed by atoms with Crippen LogP contribution in [0, 0.1) is 0 Å². The zero-order valence-corrected chi connectivity index (χ0v) is 12.0. The van der Waals surface area contributed by atoms with Crippen molar-refractivity contribution in [2.75, 3.05) is 19.6 Å². The van der Waals surface area contributed by atoms with Gasteiger partial charge in [0.25, 0.3) is 0 Å². The number of aliphatic imine (C=N–C) groups is 1. The third kappa shape index (κ3) is 4.96. The van der Waals surface area contributed by atoms with Crippen LogP contribution in [0.15, 0.2) is 29.3 Å². The van der Waals surface area contributed by atoms with Crippen LogP contribution in [0.1, 0.15) is 12.0 Å². The Labute approximate surface area is 117 Å². The Balaban J connectivity index is 0.00000144. The van der Waals surface area contributed by atoms with E-state index in [1.165, 1.54) is 5.56 Å². The smallest absolute Gasteiger partial charge is 0.191 e. The molecule has 0 saturated carbocycles. The van der Waals surface area contributed by atoms with Gasteiger partial charge >= 0.3 is 0 Å². The van der Waals surface area contributed by atoms with Crippen LogP contribution < -0.4 is 10.6 Å². The highest BCUT2D eigenvalue weighted by Gasteiger charge is 2.02. The van der Waals surface area contributed by atoms with Gasteiger partial charge in [-0.2, -0.15) is 0 Å². The molecule has 2 N–H and O–H groups in total. The summed E-state index contributed by atoms with van der Waals surface area (Å²) in [5.74, 6) is 0.924. The fourth-order valence-corrected chi connectivity index (χ4v) is 1.88. The summed E-state index contributed by atoms with van der Waals surface area (Å²) >= 11 is 5.92. The fraction of sp³-hybridized carbons (Fsp3) is 0.417. The van der Waals surface area contributed by atoms with Gasteiger partial charge in [-0.1, -0.05) is 23.7 Å². The number of nitrogens with zero attached hydrogens (tertiary/aromatic N) is 1. The SMILES string of the molecule is Br.Clc1cccc(CCNC2=NCCCN2)c1. The summed E-state index contributed by atoms with van der Waals surface area (Å²) in [5, 5.41) is 7.31. The number of hydrogen-bond acceptors (Lipinski definition) is 3. The predicted octanol–water partition coefficient (Wildman–Crippen LogP) is 2.40. The van der Waals surface area contributed by atoms with E-state index in [2.05, 4.69) is 21.7 Å². The third-order valence-corrected chi connectivity index (χ3v) is 2.73. The Morgan fingerprint density at radius 1 is 1.41 bits per heavy atom.